The number of pyridine rings is 1. The summed E-state index contributed by atoms with van der Waals surface area (Å²) in [6, 6.07) is 1.57. The van der Waals surface area contributed by atoms with Crippen molar-refractivity contribution < 1.29 is 17.6 Å². The van der Waals surface area contributed by atoms with Gasteiger partial charge in [0, 0.05) is 17.8 Å². The summed E-state index contributed by atoms with van der Waals surface area (Å²) in [5, 5.41) is 0.163. The van der Waals surface area contributed by atoms with E-state index in [4.69, 9.17) is 0 Å². The van der Waals surface area contributed by atoms with Crippen LogP contribution in [0.3, 0.4) is 0 Å². The van der Waals surface area contributed by atoms with E-state index < -0.39 is 17.6 Å². The monoisotopic (exact) mass is 229 g/mol. The first kappa shape index (κ1) is 10.9. The lowest BCUT2D eigenvalue weighted by Gasteiger charge is -2.11. The van der Waals surface area contributed by atoms with E-state index in [0.717, 1.165) is 12.3 Å². The smallest absolute Gasteiger partial charge is 0.264 e. The molecule has 0 fully saturated rings. The van der Waals surface area contributed by atoms with Gasteiger partial charge in [-0.25, -0.2) is 4.39 Å². The number of benzene rings is 1. The minimum atomic E-state index is -4.57. The summed E-state index contributed by atoms with van der Waals surface area (Å²) in [5.41, 5.74) is -0.471. The third-order valence-electron chi connectivity index (χ3n) is 2.35. The van der Waals surface area contributed by atoms with E-state index >= 15 is 0 Å². The summed E-state index contributed by atoms with van der Waals surface area (Å²) < 4.78 is 51.0. The number of aromatic nitrogens is 1. The molecule has 0 aliphatic carbocycles. The molecule has 2 rings (SSSR count). The first-order chi connectivity index (χ1) is 7.39. The summed E-state index contributed by atoms with van der Waals surface area (Å²) in [6.45, 7) is 1.59. The number of hydrogen-bond donors (Lipinski definition) is 0. The number of halogens is 4. The van der Waals surface area contributed by atoms with E-state index in [1.807, 2.05) is 0 Å². The van der Waals surface area contributed by atoms with Crippen LogP contribution in [0, 0.1) is 12.7 Å². The standard InChI is InChI=1S/C11H7F4N/c1-6-4-16-5-9-8(6)2-7(12)3-10(9)11(13,14)15/h2-5H,1H3. The van der Waals surface area contributed by atoms with Gasteiger partial charge in [0.05, 0.1) is 5.56 Å². The van der Waals surface area contributed by atoms with Gasteiger partial charge in [0.2, 0.25) is 0 Å². The van der Waals surface area contributed by atoms with Crippen molar-refractivity contribution in [3.05, 3.63) is 41.5 Å². The first-order valence-corrected chi connectivity index (χ1v) is 4.50. The Morgan fingerprint density at radius 2 is 1.75 bits per heavy atom. The largest absolute Gasteiger partial charge is 0.417 e. The van der Waals surface area contributed by atoms with Gasteiger partial charge >= 0.3 is 6.18 Å². The molecule has 1 aromatic heterocycles. The second-order valence-corrected chi connectivity index (χ2v) is 3.50. The molecule has 2 aromatic rings. The van der Waals surface area contributed by atoms with Crippen LogP contribution in [0.4, 0.5) is 17.6 Å². The molecule has 16 heavy (non-hydrogen) atoms. The van der Waals surface area contributed by atoms with Crippen molar-refractivity contribution in [3.8, 4) is 0 Å². The van der Waals surface area contributed by atoms with Gasteiger partial charge in [-0.3, -0.25) is 4.98 Å². The van der Waals surface area contributed by atoms with Crippen molar-refractivity contribution >= 4 is 10.8 Å². The lowest BCUT2D eigenvalue weighted by Crippen LogP contribution is -2.07. The molecule has 0 N–H and O–H groups in total. The zero-order chi connectivity index (χ0) is 11.9. The molecule has 0 unspecified atom stereocenters. The second kappa shape index (κ2) is 3.43. The van der Waals surface area contributed by atoms with Crippen LogP contribution in [0.25, 0.3) is 10.8 Å². The average Bonchev–Trinajstić information content (AvgIpc) is 2.17. The van der Waals surface area contributed by atoms with E-state index in [1.165, 1.54) is 6.20 Å². The minimum Gasteiger partial charge on any atom is -0.264 e. The van der Waals surface area contributed by atoms with E-state index in [2.05, 4.69) is 4.98 Å². The van der Waals surface area contributed by atoms with Crippen LogP contribution in [0.5, 0.6) is 0 Å². The number of hydrogen-bond acceptors (Lipinski definition) is 1. The molecule has 0 bridgehead atoms. The van der Waals surface area contributed by atoms with Gasteiger partial charge in [0.15, 0.2) is 0 Å². The average molecular weight is 229 g/mol. The fraction of sp³-hybridized carbons (Fsp3) is 0.182. The van der Waals surface area contributed by atoms with Gasteiger partial charge in [-0.2, -0.15) is 13.2 Å². The highest BCUT2D eigenvalue weighted by Gasteiger charge is 2.33. The number of nitrogens with zero attached hydrogens (tertiary/aromatic N) is 1. The van der Waals surface area contributed by atoms with Gasteiger partial charge in [-0.05, 0) is 30.0 Å². The zero-order valence-corrected chi connectivity index (χ0v) is 8.27. The maximum Gasteiger partial charge on any atom is 0.417 e. The zero-order valence-electron chi connectivity index (χ0n) is 8.27. The number of fused-ring (bicyclic) bond motifs is 1. The van der Waals surface area contributed by atoms with Crippen LogP contribution in [0.15, 0.2) is 24.5 Å². The number of alkyl halides is 3. The Hall–Kier alpha value is -1.65. The Kier molecular flexibility index (Phi) is 2.33. The predicted molar refractivity (Wildman–Crippen MR) is 51.4 cm³/mol. The first-order valence-electron chi connectivity index (χ1n) is 4.50. The van der Waals surface area contributed by atoms with Gasteiger partial charge in [0.1, 0.15) is 5.82 Å². The molecule has 5 heteroatoms. The van der Waals surface area contributed by atoms with Crippen LogP contribution in [0.1, 0.15) is 11.1 Å². The fourth-order valence-corrected chi connectivity index (χ4v) is 1.61. The van der Waals surface area contributed by atoms with Crippen LogP contribution >= 0.6 is 0 Å². The van der Waals surface area contributed by atoms with E-state index in [-0.39, 0.29) is 10.8 Å². The van der Waals surface area contributed by atoms with Crippen molar-refractivity contribution in [1.29, 1.82) is 0 Å². The summed E-state index contributed by atoms with van der Waals surface area (Å²) in [4.78, 5) is 3.69. The lowest BCUT2D eigenvalue weighted by molar-refractivity contribution is -0.136. The summed E-state index contributed by atoms with van der Waals surface area (Å²) in [5.74, 6) is -0.894. The van der Waals surface area contributed by atoms with Gasteiger partial charge in [-0.1, -0.05) is 0 Å². The Balaban J connectivity index is 2.89. The van der Waals surface area contributed by atoms with Crippen LogP contribution in [-0.2, 0) is 6.18 Å². The second-order valence-electron chi connectivity index (χ2n) is 3.50. The molecule has 0 aliphatic rings. The van der Waals surface area contributed by atoms with Crippen molar-refractivity contribution in [2.75, 3.05) is 0 Å². The third-order valence-corrected chi connectivity index (χ3v) is 2.35. The highest BCUT2D eigenvalue weighted by molar-refractivity contribution is 5.88. The molecular formula is C11H7F4N. The third kappa shape index (κ3) is 1.73. The van der Waals surface area contributed by atoms with Crippen molar-refractivity contribution in [3.63, 3.8) is 0 Å². The van der Waals surface area contributed by atoms with Crippen LogP contribution in [0.2, 0.25) is 0 Å². The van der Waals surface area contributed by atoms with Crippen LogP contribution < -0.4 is 0 Å². The molecule has 0 spiro atoms. The number of rotatable bonds is 0. The van der Waals surface area contributed by atoms with E-state index in [0.29, 0.717) is 11.6 Å². The maximum atomic E-state index is 13.1. The summed E-state index contributed by atoms with van der Waals surface area (Å²) >= 11 is 0. The summed E-state index contributed by atoms with van der Waals surface area (Å²) in [7, 11) is 0. The Bertz CT molecular complexity index is 545. The SMILES string of the molecule is Cc1cncc2c(C(F)(F)F)cc(F)cc12. The Morgan fingerprint density at radius 1 is 1.06 bits per heavy atom. The molecule has 0 amide bonds. The normalized spacial score (nSPS) is 12.1. The lowest BCUT2D eigenvalue weighted by atomic mass is 10.0. The molecule has 1 aromatic carbocycles. The Labute approximate surface area is 88.7 Å². The molecule has 1 nitrogen and oxygen atoms in total. The summed E-state index contributed by atoms with van der Waals surface area (Å²) in [6.07, 6.45) is -2.07. The topological polar surface area (TPSA) is 12.9 Å². The van der Waals surface area contributed by atoms with E-state index in [1.54, 1.807) is 6.92 Å². The molecule has 0 atom stereocenters. The van der Waals surface area contributed by atoms with Gasteiger partial charge in [-0.15, -0.1) is 0 Å². The molecule has 0 saturated heterocycles. The van der Waals surface area contributed by atoms with Crippen molar-refractivity contribution in [1.82, 2.24) is 4.98 Å². The highest BCUT2D eigenvalue weighted by atomic mass is 19.4. The molecule has 1 heterocycles. The van der Waals surface area contributed by atoms with Gasteiger partial charge in [0.25, 0.3) is 0 Å². The molecule has 0 saturated carbocycles. The molecule has 0 radical (unpaired) electrons. The van der Waals surface area contributed by atoms with Gasteiger partial charge < -0.3 is 0 Å². The molecular weight excluding hydrogens is 222 g/mol. The maximum absolute atomic E-state index is 13.1. The Morgan fingerprint density at radius 3 is 2.38 bits per heavy atom. The highest BCUT2D eigenvalue weighted by Crippen LogP contribution is 2.35. The molecule has 84 valence electrons. The predicted octanol–water partition coefficient (Wildman–Crippen LogP) is 3.70. The fourth-order valence-electron chi connectivity index (χ4n) is 1.61. The minimum absolute atomic E-state index is 0.0751. The van der Waals surface area contributed by atoms with Crippen molar-refractivity contribution in [2.24, 2.45) is 0 Å². The van der Waals surface area contributed by atoms with Crippen molar-refractivity contribution in [2.45, 2.75) is 13.1 Å². The van der Waals surface area contributed by atoms with Crippen LogP contribution in [-0.4, -0.2) is 4.98 Å². The quantitative estimate of drug-likeness (QED) is 0.627. The molecule has 0 aliphatic heterocycles. The van der Waals surface area contributed by atoms with E-state index in [9.17, 15) is 17.6 Å². The number of aryl methyl sites for hydroxylation is 1.